The lowest BCUT2D eigenvalue weighted by Crippen LogP contribution is -2.73. The smallest absolute Gasteiger partial charge is 0.145 e. The van der Waals surface area contributed by atoms with Crippen molar-refractivity contribution in [2.75, 3.05) is 39.9 Å². The van der Waals surface area contributed by atoms with E-state index >= 15 is 0 Å². The Kier molecular flexibility index (Phi) is 11.7. The second-order valence-corrected chi connectivity index (χ2v) is 14.2. The number of allylic oxidation sites excluding steroid dienone is 9. The van der Waals surface area contributed by atoms with E-state index < -0.39 is 27.9 Å². The number of aldehydes is 1. The van der Waals surface area contributed by atoms with Crippen molar-refractivity contribution < 1.29 is 25.2 Å². The third kappa shape index (κ3) is 5.94. The second-order valence-electron chi connectivity index (χ2n) is 14.2. The van der Waals surface area contributed by atoms with Gasteiger partial charge in [0.25, 0.3) is 0 Å². The van der Waals surface area contributed by atoms with Gasteiger partial charge in [-0.05, 0) is 114 Å². The maximum atomic E-state index is 12.9. The van der Waals surface area contributed by atoms with Crippen LogP contribution in [0.1, 0.15) is 78.6 Å². The molecule has 4 aliphatic rings. The average Bonchev–Trinajstić information content (AvgIpc) is 3.23. The minimum absolute atomic E-state index is 0.0113. The number of rotatable bonds is 16. The van der Waals surface area contributed by atoms with E-state index in [1.54, 1.807) is 0 Å². The molecule has 4 rings (SSSR count). The monoisotopic (exact) mass is 622 g/mol. The maximum absolute atomic E-state index is 12.9. The molecule has 0 aromatic rings. The lowest BCUT2D eigenvalue weighted by atomic mass is 9.34. The molecule has 0 amide bonds. The van der Waals surface area contributed by atoms with Crippen LogP contribution in [0.15, 0.2) is 70.9 Å². The number of likely N-dealkylation sites (N-methyl/N-ethyl adjacent to an activating group) is 1. The van der Waals surface area contributed by atoms with Gasteiger partial charge in [-0.2, -0.15) is 0 Å². The summed E-state index contributed by atoms with van der Waals surface area (Å²) in [7, 11) is 1.88. The zero-order valence-electron chi connectivity index (χ0n) is 28.1. The highest BCUT2D eigenvalue weighted by molar-refractivity contribution is 5.75. The zero-order valence-corrected chi connectivity index (χ0v) is 28.1. The van der Waals surface area contributed by atoms with Crippen molar-refractivity contribution in [2.45, 2.75) is 90.3 Å². The lowest BCUT2D eigenvalue weighted by molar-refractivity contribution is -0.256. The van der Waals surface area contributed by atoms with Crippen molar-refractivity contribution >= 4 is 6.29 Å². The molecule has 3 fully saturated rings. The molecule has 45 heavy (non-hydrogen) atoms. The lowest BCUT2D eigenvalue weighted by Gasteiger charge is -2.71. The van der Waals surface area contributed by atoms with E-state index in [-0.39, 0.29) is 25.0 Å². The SMILES string of the molecule is C=C(/C=C/C=C(/CO)[C@]12CC[C@@]3([C@@H]1O)[C@@](O)(CCNC)C[C@@H]1C=C[C@@H](CCO)[C@@]3(CC2)C1=C(C)C=O)CC/C=C(\C)CNCC. The molecule has 0 aliphatic heterocycles. The molecule has 0 unspecified atom stereocenters. The maximum Gasteiger partial charge on any atom is 0.145 e. The van der Waals surface area contributed by atoms with E-state index in [1.165, 1.54) is 5.57 Å². The van der Waals surface area contributed by atoms with Crippen molar-refractivity contribution in [2.24, 2.45) is 28.1 Å². The molecule has 0 heterocycles. The summed E-state index contributed by atoms with van der Waals surface area (Å²) in [5.74, 6) is -0.211. The number of carbonyl (C=O) groups is 1. The minimum Gasteiger partial charge on any atom is -0.396 e. The first-order valence-electron chi connectivity index (χ1n) is 17.1. The quantitative estimate of drug-likeness (QED) is 0.0639. The van der Waals surface area contributed by atoms with Crippen molar-refractivity contribution in [3.8, 4) is 0 Å². The summed E-state index contributed by atoms with van der Waals surface area (Å²) in [5.41, 5.74) is 1.33. The number of carbonyl (C=O) groups excluding carboxylic acids is 1. The molecule has 7 heteroatoms. The van der Waals surface area contributed by atoms with Crippen molar-refractivity contribution in [3.63, 3.8) is 0 Å². The third-order valence-corrected chi connectivity index (χ3v) is 12.0. The predicted octanol–water partition coefficient (Wildman–Crippen LogP) is 4.71. The highest BCUT2D eigenvalue weighted by atomic mass is 16.3. The molecule has 7 nitrogen and oxygen atoms in total. The summed E-state index contributed by atoms with van der Waals surface area (Å²) in [6, 6.07) is 0. The van der Waals surface area contributed by atoms with Gasteiger partial charge in [-0.15, -0.1) is 0 Å². The van der Waals surface area contributed by atoms with Crippen LogP contribution in [0.2, 0.25) is 0 Å². The fraction of sp³-hybridized carbons (Fsp3) is 0.658. The van der Waals surface area contributed by atoms with Gasteiger partial charge < -0.3 is 31.1 Å². The van der Waals surface area contributed by atoms with Crippen LogP contribution < -0.4 is 10.6 Å². The fourth-order valence-electron chi connectivity index (χ4n) is 10.1. The first kappa shape index (κ1) is 35.7. The Balaban J connectivity index is 1.73. The van der Waals surface area contributed by atoms with E-state index in [4.69, 9.17) is 0 Å². The van der Waals surface area contributed by atoms with E-state index in [9.17, 15) is 25.2 Å². The van der Waals surface area contributed by atoms with E-state index in [2.05, 4.69) is 49.3 Å². The molecule has 0 saturated heterocycles. The van der Waals surface area contributed by atoms with Gasteiger partial charge in [0, 0.05) is 35.3 Å². The zero-order chi connectivity index (χ0) is 32.9. The Labute approximate surface area is 271 Å². The summed E-state index contributed by atoms with van der Waals surface area (Å²) in [6.07, 6.45) is 18.2. The topological polar surface area (TPSA) is 122 Å². The van der Waals surface area contributed by atoms with Gasteiger partial charge in [0.2, 0.25) is 0 Å². The van der Waals surface area contributed by atoms with Gasteiger partial charge in [-0.25, -0.2) is 0 Å². The van der Waals surface area contributed by atoms with Crippen LogP contribution in [-0.4, -0.2) is 78.3 Å². The molecule has 0 aromatic carbocycles. The summed E-state index contributed by atoms with van der Waals surface area (Å²) >= 11 is 0. The van der Waals surface area contributed by atoms with Crippen molar-refractivity contribution in [1.29, 1.82) is 0 Å². The first-order chi connectivity index (χ1) is 21.6. The first-order valence-corrected chi connectivity index (χ1v) is 17.1. The Morgan fingerprint density at radius 3 is 2.58 bits per heavy atom. The summed E-state index contributed by atoms with van der Waals surface area (Å²) in [6.45, 7) is 12.6. The average molecular weight is 623 g/mol. The largest absolute Gasteiger partial charge is 0.396 e. The van der Waals surface area contributed by atoms with Gasteiger partial charge in [0.1, 0.15) is 6.29 Å². The number of aliphatic hydroxyl groups excluding tert-OH is 3. The van der Waals surface area contributed by atoms with Crippen LogP contribution in [0.25, 0.3) is 0 Å². The predicted molar refractivity (Wildman–Crippen MR) is 181 cm³/mol. The summed E-state index contributed by atoms with van der Waals surface area (Å²) in [5, 5.41) is 53.2. The molecule has 0 radical (unpaired) electrons. The Morgan fingerprint density at radius 1 is 1.16 bits per heavy atom. The number of fused-ring (bicyclic) bond motifs is 2. The Bertz CT molecular complexity index is 1250. The number of hydrogen-bond acceptors (Lipinski definition) is 7. The van der Waals surface area contributed by atoms with Gasteiger partial charge in [0.15, 0.2) is 0 Å². The summed E-state index contributed by atoms with van der Waals surface area (Å²) in [4.78, 5) is 12.4. The normalized spacial score (nSPS) is 37.2. The molecule has 4 bridgehead atoms. The molecule has 4 aliphatic carbocycles. The third-order valence-electron chi connectivity index (χ3n) is 12.0. The van der Waals surface area contributed by atoms with Gasteiger partial charge in [0.05, 0.1) is 18.3 Å². The van der Waals surface area contributed by atoms with Crippen LogP contribution in [0.3, 0.4) is 0 Å². The Morgan fingerprint density at radius 2 is 1.91 bits per heavy atom. The van der Waals surface area contributed by atoms with E-state index in [0.29, 0.717) is 57.1 Å². The standard InChI is InChI=1S/C38H58N2O5/c1-6-40-24-28(3)11-7-9-27(2)10-8-12-32(26-43)35-16-18-37-31(15-22-41)14-13-30(33(37)29(4)25-42)23-36(45,20-21-39-5)38(37,19-17-35)34(35)44/h8,10-14,25,30-31,34,39-41,43-45H,2,6-7,9,15-24,26H2,1,3-5H3/b10-8+,28-11+,32-12-,33-29?/t30-,31-,34+,35-,36+,37-,38+/m0/s1. The van der Waals surface area contributed by atoms with E-state index in [0.717, 1.165) is 48.9 Å². The van der Waals surface area contributed by atoms with Gasteiger partial charge in [-0.1, -0.05) is 61.1 Å². The molecule has 250 valence electrons. The molecular formula is C38H58N2O5. The fourth-order valence-corrected chi connectivity index (χ4v) is 10.1. The molecule has 0 aromatic heterocycles. The summed E-state index contributed by atoms with van der Waals surface area (Å²) < 4.78 is 0. The number of hydrogen-bond donors (Lipinski definition) is 6. The number of nitrogens with one attached hydrogen (secondary N) is 2. The van der Waals surface area contributed by atoms with Crippen LogP contribution in [-0.2, 0) is 4.79 Å². The van der Waals surface area contributed by atoms with Crippen LogP contribution in [0, 0.1) is 28.1 Å². The van der Waals surface area contributed by atoms with Gasteiger partial charge in [-0.3, -0.25) is 4.79 Å². The van der Waals surface area contributed by atoms with Crippen molar-refractivity contribution in [3.05, 3.63) is 70.9 Å². The van der Waals surface area contributed by atoms with Gasteiger partial charge >= 0.3 is 0 Å². The van der Waals surface area contributed by atoms with Crippen LogP contribution >= 0.6 is 0 Å². The van der Waals surface area contributed by atoms with E-state index in [1.807, 2.05) is 32.2 Å². The van der Waals surface area contributed by atoms with Crippen molar-refractivity contribution in [1.82, 2.24) is 10.6 Å². The molecule has 2 spiro atoms. The van der Waals surface area contributed by atoms with Crippen LogP contribution in [0.5, 0.6) is 0 Å². The molecular weight excluding hydrogens is 564 g/mol. The van der Waals surface area contributed by atoms with Crippen LogP contribution in [0.4, 0.5) is 0 Å². The highest BCUT2D eigenvalue weighted by Gasteiger charge is 2.79. The molecule has 7 atom stereocenters. The molecule has 3 saturated carbocycles. The highest BCUT2D eigenvalue weighted by Crippen LogP contribution is 2.80. The second kappa shape index (κ2) is 14.7. The molecule has 6 N–H and O–H groups in total. The Hall–Kier alpha value is -2.13. The number of aliphatic hydroxyl groups is 4. The minimum atomic E-state index is -1.20.